The summed E-state index contributed by atoms with van der Waals surface area (Å²) in [6.07, 6.45) is 11.7. The van der Waals surface area contributed by atoms with Gasteiger partial charge >= 0.3 is 0 Å². The molecule has 82 valence electrons. The minimum absolute atomic E-state index is 0.842. The van der Waals surface area contributed by atoms with E-state index in [2.05, 4.69) is 4.99 Å². The second-order valence-electron chi connectivity index (χ2n) is 4.21. The van der Waals surface area contributed by atoms with E-state index < -0.39 is 0 Å². The Balaban J connectivity index is 1.95. The summed E-state index contributed by atoms with van der Waals surface area (Å²) in [7, 11) is 0. The molecule has 0 aromatic heterocycles. The third-order valence-electron chi connectivity index (χ3n) is 2.88. The predicted octanol–water partition coefficient (Wildman–Crippen LogP) is 2.91. The molecule has 0 aliphatic heterocycles. The molecule has 0 amide bonds. The van der Waals surface area contributed by atoms with Crippen molar-refractivity contribution in [3.8, 4) is 0 Å². The van der Waals surface area contributed by atoms with Crippen molar-refractivity contribution in [3.05, 3.63) is 0 Å². The van der Waals surface area contributed by atoms with Crippen LogP contribution in [0.25, 0.3) is 0 Å². The minimum Gasteiger partial charge on any atom is -0.330 e. The van der Waals surface area contributed by atoms with Crippen LogP contribution in [0.2, 0.25) is 0 Å². The van der Waals surface area contributed by atoms with E-state index in [-0.39, 0.29) is 0 Å². The molecule has 0 aromatic carbocycles. The van der Waals surface area contributed by atoms with Crippen LogP contribution in [-0.4, -0.2) is 18.8 Å². The highest BCUT2D eigenvalue weighted by Gasteiger charge is 2.05. The second-order valence-corrected chi connectivity index (χ2v) is 4.21. The Morgan fingerprint density at radius 2 is 1.64 bits per heavy atom. The van der Waals surface area contributed by atoms with Gasteiger partial charge in [-0.25, -0.2) is 0 Å². The lowest BCUT2D eigenvalue weighted by Crippen LogP contribution is -2.05. The summed E-state index contributed by atoms with van der Waals surface area (Å²) in [5.74, 6) is 0. The van der Waals surface area contributed by atoms with Crippen molar-refractivity contribution >= 4 is 5.71 Å². The Morgan fingerprint density at radius 3 is 2.36 bits per heavy atom. The van der Waals surface area contributed by atoms with Crippen molar-refractivity contribution in [1.29, 1.82) is 0 Å². The van der Waals surface area contributed by atoms with Crippen molar-refractivity contribution in [2.45, 2.75) is 57.8 Å². The second kappa shape index (κ2) is 7.98. The van der Waals surface area contributed by atoms with E-state index >= 15 is 0 Å². The van der Waals surface area contributed by atoms with E-state index in [0.717, 1.165) is 13.1 Å². The molecule has 0 atom stereocenters. The first kappa shape index (κ1) is 11.7. The molecule has 2 nitrogen and oxygen atoms in total. The van der Waals surface area contributed by atoms with Crippen LogP contribution in [0.1, 0.15) is 57.8 Å². The molecule has 1 saturated carbocycles. The summed E-state index contributed by atoms with van der Waals surface area (Å²) >= 11 is 0. The molecule has 1 aliphatic rings. The Hall–Kier alpha value is -0.370. The summed E-state index contributed by atoms with van der Waals surface area (Å²) in [5.41, 5.74) is 6.91. The van der Waals surface area contributed by atoms with Gasteiger partial charge in [0, 0.05) is 12.3 Å². The highest BCUT2D eigenvalue weighted by Crippen LogP contribution is 2.14. The summed E-state index contributed by atoms with van der Waals surface area (Å²) in [4.78, 5) is 4.67. The smallest absolute Gasteiger partial charge is 0.0388 e. The fourth-order valence-corrected chi connectivity index (χ4v) is 1.96. The van der Waals surface area contributed by atoms with Gasteiger partial charge in [-0.1, -0.05) is 19.3 Å². The molecular formula is C12H24N2. The van der Waals surface area contributed by atoms with Gasteiger partial charge < -0.3 is 5.73 Å². The maximum Gasteiger partial charge on any atom is 0.0388 e. The number of rotatable bonds is 6. The van der Waals surface area contributed by atoms with Crippen LogP contribution in [-0.2, 0) is 0 Å². The fourth-order valence-electron chi connectivity index (χ4n) is 1.96. The number of hydrogen-bond acceptors (Lipinski definition) is 2. The van der Waals surface area contributed by atoms with Gasteiger partial charge in [0.2, 0.25) is 0 Å². The molecule has 0 aromatic rings. The lowest BCUT2D eigenvalue weighted by atomic mass is 9.98. The molecular weight excluding hydrogens is 172 g/mol. The summed E-state index contributed by atoms with van der Waals surface area (Å²) in [6.45, 7) is 1.90. The van der Waals surface area contributed by atoms with Gasteiger partial charge in [0.15, 0.2) is 0 Å². The van der Waals surface area contributed by atoms with Crippen molar-refractivity contribution in [3.63, 3.8) is 0 Å². The average molecular weight is 196 g/mol. The maximum absolute atomic E-state index is 5.43. The Morgan fingerprint density at radius 1 is 0.929 bits per heavy atom. The predicted molar refractivity (Wildman–Crippen MR) is 62.9 cm³/mol. The van der Waals surface area contributed by atoms with E-state index in [9.17, 15) is 0 Å². The number of aliphatic imine (C=N–C) groups is 1. The van der Waals surface area contributed by atoms with E-state index in [1.54, 1.807) is 0 Å². The zero-order valence-corrected chi connectivity index (χ0v) is 9.30. The molecule has 1 fully saturated rings. The molecule has 0 unspecified atom stereocenters. The number of unbranched alkanes of at least 4 members (excludes halogenated alkanes) is 3. The number of hydrogen-bond donors (Lipinski definition) is 1. The van der Waals surface area contributed by atoms with Gasteiger partial charge in [-0.05, 0) is 45.1 Å². The number of nitrogens with two attached hydrogens (primary N) is 1. The molecule has 0 spiro atoms. The molecule has 2 heteroatoms. The van der Waals surface area contributed by atoms with Crippen LogP contribution in [0.3, 0.4) is 0 Å². The van der Waals surface area contributed by atoms with Crippen molar-refractivity contribution in [1.82, 2.24) is 0 Å². The first-order valence-electron chi connectivity index (χ1n) is 6.16. The number of nitrogens with zero attached hydrogens (tertiary/aromatic N) is 1. The Kier molecular flexibility index (Phi) is 6.67. The monoisotopic (exact) mass is 196 g/mol. The van der Waals surface area contributed by atoms with Gasteiger partial charge in [-0.3, -0.25) is 4.99 Å². The largest absolute Gasteiger partial charge is 0.330 e. The van der Waals surface area contributed by atoms with Gasteiger partial charge in [-0.15, -0.1) is 0 Å². The molecule has 0 radical (unpaired) electrons. The summed E-state index contributed by atoms with van der Waals surface area (Å²) < 4.78 is 0. The van der Waals surface area contributed by atoms with Crippen LogP contribution in [0, 0.1) is 0 Å². The lowest BCUT2D eigenvalue weighted by molar-refractivity contribution is 0.640. The van der Waals surface area contributed by atoms with Gasteiger partial charge in [0.25, 0.3) is 0 Å². The van der Waals surface area contributed by atoms with E-state index in [1.807, 2.05) is 0 Å². The highest BCUT2D eigenvalue weighted by atomic mass is 14.7. The molecule has 1 rings (SSSR count). The lowest BCUT2D eigenvalue weighted by Gasteiger charge is -2.12. The Bertz CT molecular complexity index is 156. The third kappa shape index (κ3) is 5.38. The van der Waals surface area contributed by atoms with Gasteiger partial charge in [0.1, 0.15) is 0 Å². The van der Waals surface area contributed by atoms with E-state index in [0.29, 0.717) is 0 Å². The van der Waals surface area contributed by atoms with Crippen molar-refractivity contribution in [2.24, 2.45) is 10.7 Å². The van der Waals surface area contributed by atoms with E-state index in [4.69, 9.17) is 5.73 Å². The molecule has 0 bridgehead atoms. The van der Waals surface area contributed by atoms with Crippen LogP contribution < -0.4 is 5.73 Å². The zero-order chi connectivity index (χ0) is 10.1. The van der Waals surface area contributed by atoms with Crippen LogP contribution in [0.15, 0.2) is 4.99 Å². The summed E-state index contributed by atoms with van der Waals surface area (Å²) in [6, 6.07) is 0. The average Bonchev–Trinajstić information content (AvgIpc) is 2.25. The minimum atomic E-state index is 0.842. The highest BCUT2D eigenvalue weighted by molar-refractivity contribution is 5.84. The molecule has 0 heterocycles. The fraction of sp³-hybridized carbons (Fsp3) is 0.917. The standard InChI is InChI=1S/C12H24N2/c13-10-6-1-2-7-11-14-12-8-4-3-5-9-12/h1-11,13H2. The first-order chi connectivity index (χ1) is 6.93. The van der Waals surface area contributed by atoms with E-state index in [1.165, 1.54) is 63.5 Å². The SMILES string of the molecule is NCCCCCCN=C1CCCCC1. The third-order valence-corrected chi connectivity index (χ3v) is 2.88. The quantitative estimate of drug-likeness (QED) is 0.652. The normalized spacial score (nSPS) is 17.1. The molecule has 1 aliphatic carbocycles. The van der Waals surface area contributed by atoms with Crippen LogP contribution in [0.4, 0.5) is 0 Å². The maximum atomic E-state index is 5.43. The van der Waals surface area contributed by atoms with Gasteiger partial charge in [0.05, 0.1) is 0 Å². The molecule has 2 N–H and O–H groups in total. The molecule has 0 saturated heterocycles. The van der Waals surface area contributed by atoms with Crippen molar-refractivity contribution in [2.75, 3.05) is 13.1 Å². The zero-order valence-electron chi connectivity index (χ0n) is 9.30. The van der Waals surface area contributed by atoms with Crippen LogP contribution in [0.5, 0.6) is 0 Å². The molecule has 14 heavy (non-hydrogen) atoms. The Labute approximate surface area is 88.0 Å². The summed E-state index contributed by atoms with van der Waals surface area (Å²) in [5, 5.41) is 0. The van der Waals surface area contributed by atoms with Gasteiger partial charge in [-0.2, -0.15) is 0 Å². The first-order valence-corrected chi connectivity index (χ1v) is 6.16. The topological polar surface area (TPSA) is 38.4 Å². The van der Waals surface area contributed by atoms with Crippen molar-refractivity contribution < 1.29 is 0 Å². The van der Waals surface area contributed by atoms with Crippen LogP contribution >= 0.6 is 0 Å².